The summed E-state index contributed by atoms with van der Waals surface area (Å²) in [6, 6.07) is 9.33. The SMILES string of the molecule is CC1NC=CN1c1ccc2cccc(O)c2n1. The molecule has 1 aromatic heterocycles. The van der Waals surface area contributed by atoms with Gasteiger partial charge < -0.3 is 15.3 Å². The summed E-state index contributed by atoms with van der Waals surface area (Å²) >= 11 is 0. The number of aromatic hydroxyl groups is 1. The summed E-state index contributed by atoms with van der Waals surface area (Å²) in [4.78, 5) is 6.51. The van der Waals surface area contributed by atoms with Crippen molar-refractivity contribution in [2.75, 3.05) is 4.90 Å². The van der Waals surface area contributed by atoms with E-state index >= 15 is 0 Å². The Labute approximate surface area is 99.2 Å². The van der Waals surface area contributed by atoms with Crippen molar-refractivity contribution in [2.24, 2.45) is 0 Å². The predicted octanol–water partition coefficient (Wildman–Crippen LogP) is 2.17. The fourth-order valence-electron chi connectivity index (χ4n) is 2.01. The number of rotatable bonds is 1. The van der Waals surface area contributed by atoms with Gasteiger partial charge in [0.15, 0.2) is 0 Å². The molecule has 4 heteroatoms. The molecule has 1 aliphatic heterocycles. The van der Waals surface area contributed by atoms with Crippen LogP contribution < -0.4 is 10.2 Å². The molecule has 0 bridgehead atoms. The molecule has 0 radical (unpaired) electrons. The third-order valence-electron chi connectivity index (χ3n) is 2.94. The quantitative estimate of drug-likeness (QED) is 0.783. The van der Waals surface area contributed by atoms with Gasteiger partial charge in [0.25, 0.3) is 0 Å². The number of pyridine rings is 1. The van der Waals surface area contributed by atoms with Crippen LogP contribution in [0.4, 0.5) is 5.82 Å². The number of aromatic nitrogens is 1. The van der Waals surface area contributed by atoms with Crippen molar-refractivity contribution in [1.82, 2.24) is 10.3 Å². The fourth-order valence-corrected chi connectivity index (χ4v) is 2.01. The van der Waals surface area contributed by atoms with Crippen LogP contribution in [0.5, 0.6) is 5.75 Å². The lowest BCUT2D eigenvalue weighted by atomic mass is 10.2. The van der Waals surface area contributed by atoms with Gasteiger partial charge in [0, 0.05) is 17.8 Å². The third-order valence-corrected chi connectivity index (χ3v) is 2.94. The van der Waals surface area contributed by atoms with Gasteiger partial charge in [-0.25, -0.2) is 4.98 Å². The molecular formula is C13H13N3O. The van der Waals surface area contributed by atoms with Gasteiger partial charge in [-0.15, -0.1) is 0 Å². The van der Waals surface area contributed by atoms with Gasteiger partial charge in [-0.2, -0.15) is 0 Å². The summed E-state index contributed by atoms with van der Waals surface area (Å²) in [7, 11) is 0. The van der Waals surface area contributed by atoms with Crippen LogP contribution in [0.2, 0.25) is 0 Å². The zero-order chi connectivity index (χ0) is 11.8. The van der Waals surface area contributed by atoms with Crippen LogP contribution in [-0.2, 0) is 0 Å². The van der Waals surface area contributed by atoms with Crippen LogP contribution in [0.3, 0.4) is 0 Å². The van der Waals surface area contributed by atoms with Crippen molar-refractivity contribution >= 4 is 16.7 Å². The van der Waals surface area contributed by atoms with E-state index in [0.717, 1.165) is 11.2 Å². The zero-order valence-electron chi connectivity index (χ0n) is 9.46. The van der Waals surface area contributed by atoms with Crippen molar-refractivity contribution in [2.45, 2.75) is 13.1 Å². The van der Waals surface area contributed by atoms with E-state index in [1.54, 1.807) is 6.07 Å². The molecule has 4 nitrogen and oxygen atoms in total. The number of hydrogen-bond donors (Lipinski definition) is 2. The molecule has 1 unspecified atom stereocenters. The monoisotopic (exact) mass is 227 g/mol. The highest BCUT2D eigenvalue weighted by atomic mass is 16.3. The number of fused-ring (bicyclic) bond motifs is 1. The lowest BCUT2D eigenvalue weighted by molar-refractivity contribution is 0.480. The van der Waals surface area contributed by atoms with E-state index in [0.29, 0.717) is 5.52 Å². The second kappa shape index (κ2) is 3.66. The van der Waals surface area contributed by atoms with Gasteiger partial charge in [0.05, 0.1) is 0 Å². The average molecular weight is 227 g/mol. The second-order valence-electron chi connectivity index (χ2n) is 4.08. The van der Waals surface area contributed by atoms with E-state index in [1.165, 1.54) is 0 Å². The number of para-hydroxylation sites is 1. The zero-order valence-corrected chi connectivity index (χ0v) is 9.46. The van der Waals surface area contributed by atoms with Crippen molar-refractivity contribution in [3.8, 4) is 5.75 Å². The first-order chi connectivity index (χ1) is 8.25. The Morgan fingerprint density at radius 1 is 1.29 bits per heavy atom. The predicted molar refractivity (Wildman–Crippen MR) is 67.6 cm³/mol. The number of nitrogens with zero attached hydrogens (tertiary/aromatic N) is 2. The molecule has 2 aromatic rings. The molecule has 1 atom stereocenters. The van der Waals surface area contributed by atoms with E-state index in [-0.39, 0.29) is 11.9 Å². The number of phenolic OH excluding ortho intramolecular Hbond substituents is 1. The summed E-state index contributed by atoms with van der Waals surface area (Å²) in [6.45, 7) is 2.05. The first-order valence-electron chi connectivity index (χ1n) is 5.55. The maximum Gasteiger partial charge on any atom is 0.141 e. The molecule has 86 valence electrons. The van der Waals surface area contributed by atoms with Crippen molar-refractivity contribution in [3.63, 3.8) is 0 Å². The third kappa shape index (κ3) is 1.58. The van der Waals surface area contributed by atoms with Crippen LogP contribution in [0, 0.1) is 0 Å². The minimum absolute atomic E-state index is 0.186. The summed E-state index contributed by atoms with van der Waals surface area (Å²) in [6.07, 6.45) is 4.02. The Morgan fingerprint density at radius 2 is 2.18 bits per heavy atom. The van der Waals surface area contributed by atoms with Crippen molar-refractivity contribution in [3.05, 3.63) is 42.7 Å². The molecule has 1 aliphatic rings. The highest BCUT2D eigenvalue weighted by Gasteiger charge is 2.16. The first-order valence-corrected chi connectivity index (χ1v) is 5.55. The van der Waals surface area contributed by atoms with Gasteiger partial charge in [-0.05, 0) is 25.1 Å². The topological polar surface area (TPSA) is 48.4 Å². The van der Waals surface area contributed by atoms with Gasteiger partial charge in [0.2, 0.25) is 0 Å². The summed E-state index contributed by atoms with van der Waals surface area (Å²) in [5.41, 5.74) is 0.637. The van der Waals surface area contributed by atoms with Crippen LogP contribution in [-0.4, -0.2) is 16.3 Å². The van der Waals surface area contributed by atoms with E-state index < -0.39 is 0 Å². The van der Waals surface area contributed by atoms with Gasteiger partial charge >= 0.3 is 0 Å². The molecule has 0 amide bonds. The minimum atomic E-state index is 0.186. The van der Waals surface area contributed by atoms with E-state index in [9.17, 15) is 5.11 Å². The molecule has 0 saturated carbocycles. The summed E-state index contributed by atoms with van der Waals surface area (Å²) in [5, 5.41) is 13.9. The van der Waals surface area contributed by atoms with Crippen molar-refractivity contribution in [1.29, 1.82) is 0 Å². The van der Waals surface area contributed by atoms with Crippen LogP contribution in [0.15, 0.2) is 42.7 Å². The van der Waals surface area contributed by atoms with Crippen molar-refractivity contribution < 1.29 is 5.11 Å². The number of benzene rings is 1. The molecule has 2 N–H and O–H groups in total. The molecule has 0 fully saturated rings. The van der Waals surface area contributed by atoms with Crippen LogP contribution in [0.25, 0.3) is 10.9 Å². The van der Waals surface area contributed by atoms with Crippen LogP contribution >= 0.6 is 0 Å². The normalized spacial score (nSPS) is 18.6. The maximum atomic E-state index is 9.79. The fraction of sp³-hybridized carbons (Fsp3) is 0.154. The minimum Gasteiger partial charge on any atom is -0.506 e. The smallest absolute Gasteiger partial charge is 0.141 e. The number of phenols is 1. The molecule has 2 heterocycles. The molecule has 3 rings (SSSR count). The Balaban J connectivity index is 2.13. The first kappa shape index (κ1) is 9.96. The molecule has 1 aromatic carbocycles. The number of hydrogen-bond acceptors (Lipinski definition) is 4. The Kier molecular flexibility index (Phi) is 2.14. The highest BCUT2D eigenvalue weighted by molar-refractivity contribution is 5.85. The highest BCUT2D eigenvalue weighted by Crippen LogP contribution is 2.26. The Bertz CT molecular complexity index is 594. The standard InChI is InChI=1S/C13H13N3O/c1-9-14-7-8-16(9)12-6-5-10-3-2-4-11(17)13(10)15-12/h2-9,14,17H,1H3. The maximum absolute atomic E-state index is 9.79. The summed E-state index contributed by atoms with van der Waals surface area (Å²) in [5.74, 6) is 1.04. The lowest BCUT2D eigenvalue weighted by Crippen LogP contribution is -2.32. The number of anilines is 1. The van der Waals surface area contributed by atoms with E-state index in [4.69, 9.17) is 0 Å². The Hall–Kier alpha value is -2.23. The second-order valence-corrected chi connectivity index (χ2v) is 4.08. The molecule has 17 heavy (non-hydrogen) atoms. The van der Waals surface area contributed by atoms with Gasteiger partial charge in [-0.3, -0.25) is 0 Å². The van der Waals surface area contributed by atoms with Gasteiger partial charge in [-0.1, -0.05) is 12.1 Å². The molecule has 0 spiro atoms. The largest absolute Gasteiger partial charge is 0.506 e. The van der Waals surface area contributed by atoms with Gasteiger partial charge in [0.1, 0.15) is 23.2 Å². The summed E-state index contributed by atoms with van der Waals surface area (Å²) < 4.78 is 0. The molecule has 0 aliphatic carbocycles. The number of nitrogens with one attached hydrogen (secondary N) is 1. The van der Waals surface area contributed by atoms with E-state index in [2.05, 4.69) is 17.2 Å². The van der Waals surface area contributed by atoms with Crippen LogP contribution in [0.1, 0.15) is 6.92 Å². The Morgan fingerprint density at radius 3 is 2.94 bits per heavy atom. The molecule has 0 saturated heterocycles. The lowest BCUT2D eigenvalue weighted by Gasteiger charge is -2.21. The molecular weight excluding hydrogens is 214 g/mol. The average Bonchev–Trinajstić information content (AvgIpc) is 2.76. The van der Waals surface area contributed by atoms with E-state index in [1.807, 2.05) is 41.6 Å².